The number of benzene rings is 1. The third-order valence-electron chi connectivity index (χ3n) is 2.07. The molecule has 0 saturated heterocycles. The normalized spacial score (nSPS) is 9.11. The van der Waals surface area contributed by atoms with Gasteiger partial charge in [0.25, 0.3) is 5.91 Å². The van der Waals surface area contributed by atoms with E-state index in [4.69, 9.17) is 10.8 Å². The summed E-state index contributed by atoms with van der Waals surface area (Å²) in [5, 5.41) is 11.2. The fourth-order valence-corrected chi connectivity index (χ4v) is 1.30. The van der Waals surface area contributed by atoms with Crippen LogP contribution in [0.4, 0.5) is 4.79 Å². The van der Waals surface area contributed by atoms with Gasteiger partial charge in [-0.25, -0.2) is 4.79 Å². The highest BCUT2D eigenvalue weighted by Crippen LogP contribution is 2.03. The lowest BCUT2D eigenvalue weighted by atomic mass is 10.1. The van der Waals surface area contributed by atoms with E-state index in [0.717, 1.165) is 0 Å². The van der Waals surface area contributed by atoms with E-state index in [1.807, 2.05) is 0 Å². The number of hydrogen-bond donors (Lipinski definition) is 3. The summed E-state index contributed by atoms with van der Waals surface area (Å²) in [5.74, 6) is 4.90. The molecule has 1 aromatic carbocycles. The van der Waals surface area contributed by atoms with Crippen molar-refractivity contribution in [1.29, 1.82) is 0 Å². The molecule has 0 fully saturated rings. The lowest BCUT2D eigenvalue weighted by Crippen LogP contribution is -2.29. The Balaban J connectivity index is 2.54. The number of aliphatic hydroxyl groups excluding tert-OH is 1. The molecule has 6 heteroatoms. The first-order valence-electron chi connectivity index (χ1n) is 5.53. The summed E-state index contributed by atoms with van der Waals surface area (Å²) in [6.07, 6.45) is -0.879. The van der Waals surface area contributed by atoms with Gasteiger partial charge in [-0.15, -0.1) is 0 Å². The van der Waals surface area contributed by atoms with Gasteiger partial charge < -0.3 is 20.9 Å². The zero-order valence-corrected chi connectivity index (χ0v) is 10.2. The molecule has 2 amide bonds. The Hall–Kier alpha value is -2.52. The minimum Gasteiger partial charge on any atom is -0.448 e. The summed E-state index contributed by atoms with van der Waals surface area (Å²) < 4.78 is 4.48. The molecule has 19 heavy (non-hydrogen) atoms. The third kappa shape index (κ3) is 5.57. The molecule has 0 saturated carbocycles. The van der Waals surface area contributed by atoms with Crippen LogP contribution in [0.15, 0.2) is 24.3 Å². The Kier molecular flexibility index (Phi) is 5.92. The summed E-state index contributed by atoms with van der Waals surface area (Å²) in [5.41, 5.74) is 5.85. The topological polar surface area (TPSA) is 102 Å². The van der Waals surface area contributed by atoms with E-state index < -0.39 is 6.09 Å². The molecule has 4 N–H and O–H groups in total. The van der Waals surface area contributed by atoms with Gasteiger partial charge in [-0.1, -0.05) is 17.9 Å². The largest absolute Gasteiger partial charge is 0.448 e. The maximum atomic E-state index is 11.7. The monoisotopic (exact) mass is 262 g/mol. The van der Waals surface area contributed by atoms with Crippen LogP contribution < -0.4 is 11.1 Å². The van der Waals surface area contributed by atoms with Crippen molar-refractivity contribution < 1.29 is 19.4 Å². The minimum atomic E-state index is -0.879. The van der Waals surface area contributed by atoms with Gasteiger partial charge in [0.15, 0.2) is 0 Å². The van der Waals surface area contributed by atoms with Crippen molar-refractivity contribution in [1.82, 2.24) is 5.32 Å². The minimum absolute atomic E-state index is 0.0189. The Morgan fingerprint density at radius 1 is 1.42 bits per heavy atom. The van der Waals surface area contributed by atoms with Crippen LogP contribution in [0.25, 0.3) is 0 Å². The second kappa shape index (κ2) is 7.74. The summed E-state index contributed by atoms with van der Waals surface area (Å²) >= 11 is 0. The number of hydrogen-bond acceptors (Lipinski definition) is 4. The molecule has 0 aliphatic carbocycles. The molecule has 100 valence electrons. The molecule has 0 aliphatic heterocycles. The van der Waals surface area contributed by atoms with Crippen LogP contribution in [0.5, 0.6) is 0 Å². The van der Waals surface area contributed by atoms with E-state index in [9.17, 15) is 9.59 Å². The lowest BCUT2D eigenvalue weighted by molar-refractivity contribution is 0.0937. The van der Waals surface area contributed by atoms with E-state index >= 15 is 0 Å². The maximum absolute atomic E-state index is 11.7. The first-order valence-corrected chi connectivity index (χ1v) is 5.53. The summed E-state index contributed by atoms with van der Waals surface area (Å²) in [6, 6.07) is 6.66. The van der Waals surface area contributed by atoms with E-state index in [1.54, 1.807) is 24.3 Å². The number of ether oxygens (including phenoxy) is 1. The van der Waals surface area contributed by atoms with Crippen molar-refractivity contribution >= 4 is 12.0 Å². The molecule has 0 bridgehead atoms. The predicted octanol–water partition coefficient (Wildman–Crippen LogP) is -0.145. The van der Waals surface area contributed by atoms with Crippen LogP contribution in [0, 0.1) is 11.8 Å². The Labute approximate surface area is 110 Å². The average Bonchev–Trinajstić information content (AvgIpc) is 2.41. The first kappa shape index (κ1) is 14.5. The van der Waals surface area contributed by atoms with Crippen molar-refractivity contribution in [2.45, 2.75) is 0 Å². The molecular weight excluding hydrogens is 248 g/mol. The molecule has 6 nitrogen and oxygen atoms in total. The van der Waals surface area contributed by atoms with Crippen LogP contribution in [0.1, 0.15) is 15.9 Å². The van der Waals surface area contributed by atoms with Crippen LogP contribution >= 0.6 is 0 Å². The highest BCUT2D eigenvalue weighted by Gasteiger charge is 2.05. The third-order valence-corrected chi connectivity index (χ3v) is 2.07. The van der Waals surface area contributed by atoms with Gasteiger partial charge in [0.2, 0.25) is 0 Å². The zero-order chi connectivity index (χ0) is 14.1. The van der Waals surface area contributed by atoms with Gasteiger partial charge in [-0.2, -0.15) is 0 Å². The lowest BCUT2D eigenvalue weighted by Gasteiger charge is -2.05. The highest BCUT2D eigenvalue weighted by atomic mass is 16.5. The SMILES string of the molecule is NC(=O)OCCNC(=O)c1cccc(C#CCO)c1. The predicted molar refractivity (Wildman–Crippen MR) is 68.3 cm³/mol. The quantitative estimate of drug-likeness (QED) is 0.519. The number of rotatable bonds is 4. The second-order valence-corrected chi connectivity index (χ2v) is 3.46. The molecule has 0 atom stereocenters. The molecular formula is C13H14N2O4. The Morgan fingerprint density at radius 3 is 2.89 bits per heavy atom. The molecule has 0 aromatic heterocycles. The summed E-state index contributed by atoms with van der Waals surface area (Å²) in [7, 11) is 0. The fourth-order valence-electron chi connectivity index (χ4n) is 1.30. The number of nitrogens with one attached hydrogen (secondary N) is 1. The molecule has 1 rings (SSSR count). The van der Waals surface area contributed by atoms with Gasteiger partial charge in [-0.05, 0) is 18.2 Å². The van der Waals surface area contributed by atoms with Crippen molar-refractivity contribution in [2.75, 3.05) is 19.8 Å². The van der Waals surface area contributed by atoms with Crippen LogP contribution in [-0.2, 0) is 4.74 Å². The number of amides is 2. The van der Waals surface area contributed by atoms with Crippen molar-refractivity contribution in [3.05, 3.63) is 35.4 Å². The Bertz CT molecular complexity index is 517. The average molecular weight is 262 g/mol. The van der Waals surface area contributed by atoms with Gasteiger partial charge >= 0.3 is 6.09 Å². The standard InChI is InChI=1S/C13H14N2O4/c14-13(18)19-8-6-15-12(17)11-5-1-3-10(9-11)4-2-7-16/h1,3,5,9,16H,6-8H2,(H2,14,18)(H,15,17). The van der Waals surface area contributed by atoms with E-state index in [1.165, 1.54) is 0 Å². The molecule has 0 radical (unpaired) electrons. The van der Waals surface area contributed by atoms with Gasteiger partial charge in [-0.3, -0.25) is 4.79 Å². The van der Waals surface area contributed by atoms with Crippen molar-refractivity contribution in [2.24, 2.45) is 5.73 Å². The molecule has 0 unspecified atom stereocenters. The highest BCUT2D eigenvalue weighted by molar-refractivity contribution is 5.94. The van der Waals surface area contributed by atoms with Gasteiger partial charge in [0.05, 0.1) is 6.54 Å². The Morgan fingerprint density at radius 2 is 2.21 bits per heavy atom. The number of primary amides is 1. The van der Waals surface area contributed by atoms with Crippen molar-refractivity contribution in [3.63, 3.8) is 0 Å². The smallest absolute Gasteiger partial charge is 0.404 e. The number of aliphatic hydroxyl groups is 1. The van der Waals surface area contributed by atoms with Crippen LogP contribution in [0.2, 0.25) is 0 Å². The molecule has 1 aromatic rings. The number of carbonyl (C=O) groups is 2. The van der Waals surface area contributed by atoms with Gasteiger partial charge in [0, 0.05) is 11.1 Å². The molecule has 0 heterocycles. The molecule has 0 aliphatic rings. The van der Waals surface area contributed by atoms with Gasteiger partial charge in [0.1, 0.15) is 13.2 Å². The van der Waals surface area contributed by atoms with E-state index in [0.29, 0.717) is 11.1 Å². The second-order valence-electron chi connectivity index (χ2n) is 3.46. The maximum Gasteiger partial charge on any atom is 0.404 e. The summed E-state index contributed by atoms with van der Waals surface area (Å²) in [4.78, 5) is 22.0. The number of nitrogens with two attached hydrogens (primary N) is 1. The van der Waals surface area contributed by atoms with E-state index in [-0.39, 0.29) is 25.7 Å². The van der Waals surface area contributed by atoms with E-state index in [2.05, 4.69) is 21.9 Å². The fraction of sp³-hybridized carbons (Fsp3) is 0.231. The number of carbonyl (C=O) groups excluding carboxylic acids is 2. The summed E-state index contributed by atoms with van der Waals surface area (Å²) in [6.45, 7) is -0.0414. The first-order chi connectivity index (χ1) is 9.13. The zero-order valence-electron chi connectivity index (χ0n) is 10.2. The van der Waals surface area contributed by atoms with Crippen LogP contribution in [-0.4, -0.2) is 36.9 Å². The van der Waals surface area contributed by atoms with Crippen molar-refractivity contribution in [3.8, 4) is 11.8 Å². The van der Waals surface area contributed by atoms with Crippen LogP contribution in [0.3, 0.4) is 0 Å². The molecule has 0 spiro atoms.